The fraction of sp³-hybridized carbons (Fsp3) is 0.488. The number of rotatable bonds is 9. The Bertz CT molecular complexity index is 2260. The summed E-state index contributed by atoms with van der Waals surface area (Å²) in [5.41, 5.74) is 1.69. The Labute approximate surface area is 316 Å². The van der Waals surface area contributed by atoms with Gasteiger partial charge in [0.05, 0.1) is 16.6 Å². The molecule has 0 radical (unpaired) electrons. The van der Waals surface area contributed by atoms with Gasteiger partial charge in [0.1, 0.15) is 36.1 Å². The number of fused-ring (bicyclic) bond motifs is 4. The molecule has 0 bridgehead atoms. The summed E-state index contributed by atoms with van der Waals surface area (Å²) in [6.07, 6.45) is 5.39. The topological polar surface area (TPSA) is 101 Å². The Morgan fingerprint density at radius 1 is 0.964 bits per heavy atom. The van der Waals surface area contributed by atoms with Gasteiger partial charge in [-0.15, -0.1) is 0 Å². The number of piperazine rings is 1. The van der Waals surface area contributed by atoms with Crippen LogP contribution >= 0.6 is 0 Å². The van der Waals surface area contributed by atoms with Crippen LogP contribution in [0.2, 0.25) is 0 Å². The van der Waals surface area contributed by atoms with Gasteiger partial charge in [-0.05, 0) is 87.2 Å². The van der Waals surface area contributed by atoms with Gasteiger partial charge in [-0.25, -0.2) is 27.5 Å². The minimum absolute atomic E-state index is 0.0391. The molecule has 9 rings (SSSR count). The number of anilines is 1. The zero-order valence-electron chi connectivity index (χ0n) is 31.0. The Morgan fingerprint density at radius 3 is 2.71 bits per heavy atom. The Balaban J connectivity index is 1.09. The maximum Gasteiger partial charge on any atom is 0.319 e. The van der Waals surface area contributed by atoms with Crippen molar-refractivity contribution in [1.29, 1.82) is 0 Å². The molecule has 4 atom stereocenters. The second-order valence-electron chi connectivity index (χ2n) is 15.3. The van der Waals surface area contributed by atoms with Crippen molar-refractivity contribution in [3.05, 3.63) is 71.3 Å². The van der Waals surface area contributed by atoms with Gasteiger partial charge in [-0.1, -0.05) is 31.2 Å². The molecular weight excluding hydrogens is 712 g/mol. The molecule has 3 aromatic heterocycles. The highest BCUT2D eigenvalue weighted by molar-refractivity contribution is 6.01. The molecule has 7 heterocycles. The molecule has 0 spiro atoms. The summed E-state index contributed by atoms with van der Waals surface area (Å²) in [4.78, 5) is 27.1. The fourth-order valence-corrected chi connectivity index (χ4v) is 9.69. The van der Waals surface area contributed by atoms with E-state index in [0.29, 0.717) is 53.9 Å². The second kappa shape index (κ2) is 14.4. The molecule has 1 N–H and O–H groups in total. The largest absolute Gasteiger partial charge is 0.476 e. The van der Waals surface area contributed by atoms with Crippen LogP contribution in [0, 0.1) is 18.6 Å². The van der Waals surface area contributed by atoms with Crippen LogP contribution in [0.15, 0.2) is 42.6 Å². The summed E-state index contributed by atoms with van der Waals surface area (Å²) in [7, 11) is 0. The molecule has 4 aliphatic rings. The van der Waals surface area contributed by atoms with E-state index >= 15 is 4.39 Å². The Morgan fingerprint density at radius 2 is 1.85 bits per heavy atom. The summed E-state index contributed by atoms with van der Waals surface area (Å²) in [6.45, 7) is 6.79. The van der Waals surface area contributed by atoms with Crippen LogP contribution in [0.5, 0.6) is 11.9 Å². The summed E-state index contributed by atoms with van der Waals surface area (Å²) in [5, 5.41) is 5.72. The van der Waals surface area contributed by atoms with E-state index in [1.54, 1.807) is 19.1 Å². The van der Waals surface area contributed by atoms with E-state index < -0.39 is 18.1 Å². The summed E-state index contributed by atoms with van der Waals surface area (Å²) >= 11 is 0. The van der Waals surface area contributed by atoms with E-state index in [-0.39, 0.29) is 52.6 Å². The maximum absolute atomic E-state index is 17.3. The summed E-state index contributed by atoms with van der Waals surface area (Å²) in [5.74, 6) is -0.731. The number of hydrogen-bond donors (Lipinski definition) is 1. The standard InChI is InChI=1S/C41H44F4N8O2/c1-3-28-30-10-5-9-29-33-36(34(43)35(48-29)26-8-4-7-24-11-12-27(42)23(2)32(24)26)50-40(51-39(33)52(30)20-18-46-28)55-22-41-15-6-19-53(41)25(13-16-41)21-54-31-14-17-47-38(49-31)37(44)45/h4,7-8,11-12,14,17,25,28,30,37,46H,3,5-6,9-10,13,15-16,18-22H2,1-2H3/t25-,28-,30+,41-/m0/s1. The zero-order valence-corrected chi connectivity index (χ0v) is 31.0. The highest BCUT2D eigenvalue weighted by atomic mass is 19.3. The molecule has 2 aromatic carbocycles. The second-order valence-corrected chi connectivity index (χ2v) is 15.3. The quantitative estimate of drug-likeness (QED) is 0.152. The first-order valence-electron chi connectivity index (χ1n) is 19.5. The minimum Gasteiger partial charge on any atom is -0.476 e. The lowest BCUT2D eigenvalue weighted by Crippen LogP contribution is -2.58. The molecule has 5 aromatic rings. The smallest absolute Gasteiger partial charge is 0.319 e. The van der Waals surface area contributed by atoms with E-state index in [1.807, 2.05) is 12.1 Å². The monoisotopic (exact) mass is 756 g/mol. The van der Waals surface area contributed by atoms with Crippen molar-refractivity contribution in [3.8, 4) is 23.1 Å². The fourth-order valence-electron chi connectivity index (χ4n) is 9.69. The lowest BCUT2D eigenvalue weighted by Gasteiger charge is -2.44. The molecule has 288 valence electrons. The number of pyridine rings is 1. The van der Waals surface area contributed by atoms with Crippen molar-refractivity contribution in [3.63, 3.8) is 0 Å². The number of alkyl halides is 2. The van der Waals surface area contributed by atoms with Crippen molar-refractivity contribution in [1.82, 2.24) is 35.1 Å². The first kappa shape index (κ1) is 36.0. The average molecular weight is 757 g/mol. The predicted octanol–water partition coefficient (Wildman–Crippen LogP) is 7.51. The molecule has 4 aliphatic heterocycles. The predicted molar refractivity (Wildman–Crippen MR) is 201 cm³/mol. The molecule has 0 aliphatic carbocycles. The van der Waals surface area contributed by atoms with Crippen LogP contribution < -0.4 is 19.7 Å². The molecule has 55 heavy (non-hydrogen) atoms. The molecule has 14 heteroatoms. The van der Waals surface area contributed by atoms with Gasteiger partial charge >= 0.3 is 6.01 Å². The molecule has 10 nitrogen and oxygen atoms in total. The summed E-state index contributed by atoms with van der Waals surface area (Å²) in [6, 6.07) is 10.8. The van der Waals surface area contributed by atoms with Gasteiger partial charge in [-0.3, -0.25) is 4.90 Å². The van der Waals surface area contributed by atoms with Crippen LogP contribution in [0.4, 0.5) is 23.4 Å². The van der Waals surface area contributed by atoms with Crippen molar-refractivity contribution < 1.29 is 27.0 Å². The number of aryl methyl sites for hydroxylation is 2. The molecular formula is C41H44F4N8O2. The van der Waals surface area contributed by atoms with Gasteiger partial charge in [0.15, 0.2) is 11.6 Å². The van der Waals surface area contributed by atoms with E-state index in [1.165, 1.54) is 18.3 Å². The van der Waals surface area contributed by atoms with Crippen LogP contribution in [-0.2, 0) is 6.42 Å². The van der Waals surface area contributed by atoms with Crippen LogP contribution in [0.1, 0.15) is 75.4 Å². The lowest BCUT2D eigenvalue weighted by atomic mass is 9.91. The van der Waals surface area contributed by atoms with Crippen molar-refractivity contribution in [2.45, 2.75) is 95.3 Å². The van der Waals surface area contributed by atoms with Gasteiger partial charge in [0.25, 0.3) is 6.43 Å². The summed E-state index contributed by atoms with van der Waals surface area (Å²) < 4.78 is 71.2. The van der Waals surface area contributed by atoms with Crippen molar-refractivity contribution >= 4 is 27.5 Å². The molecule has 3 fully saturated rings. The third-order valence-corrected chi connectivity index (χ3v) is 12.3. The van der Waals surface area contributed by atoms with E-state index in [4.69, 9.17) is 24.4 Å². The first-order valence-corrected chi connectivity index (χ1v) is 19.5. The normalized spacial score (nSPS) is 23.9. The van der Waals surface area contributed by atoms with Crippen LogP contribution in [-0.4, -0.2) is 86.3 Å². The molecule has 0 saturated carbocycles. The van der Waals surface area contributed by atoms with Crippen LogP contribution in [0.25, 0.3) is 32.9 Å². The van der Waals surface area contributed by atoms with Gasteiger partial charge in [0.2, 0.25) is 5.88 Å². The zero-order chi connectivity index (χ0) is 37.8. The van der Waals surface area contributed by atoms with Gasteiger partial charge in [0, 0.05) is 49.0 Å². The van der Waals surface area contributed by atoms with Crippen molar-refractivity contribution in [2.24, 2.45) is 0 Å². The Kier molecular flexibility index (Phi) is 9.44. The third kappa shape index (κ3) is 6.30. The number of aromatic nitrogens is 5. The lowest BCUT2D eigenvalue weighted by molar-refractivity contribution is 0.0675. The maximum atomic E-state index is 17.3. The number of nitrogens with zero attached hydrogens (tertiary/aromatic N) is 7. The number of hydrogen-bond acceptors (Lipinski definition) is 10. The molecule has 0 unspecified atom stereocenters. The molecule has 3 saturated heterocycles. The molecule has 0 amide bonds. The van der Waals surface area contributed by atoms with Crippen molar-refractivity contribution in [2.75, 3.05) is 37.7 Å². The number of nitrogens with one attached hydrogen (secondary N) is 1. The van der Waals surface area contributed by atoms with E-state index in [2.05, 4.69) is 32.0 Å². The highest BCUT2D eigenvalue weighted by Crippen LogP contribution is 2.44. The first-order chi connectivity index (χ1) is 26.7. The highest BCUT2D eigenvalue weighted by Gasteiger charge is 2.50. The SMILES string of the molecule is CC[C@@H]1NCCN2c3nc(OC[C@@]45CCCN4[C@H](COc4ccnc(C(F)F)n4)CC5)nc4c(F)c(-c5cccc6ccc(F)c(C)c56)nc(c34)CCC[C@H]12. The van der Waals surface area contributed by atoms with E-state index in [0.717, 1.165) is 69.1 Å². The van der Waals surface area contributed by atoms with Crippen LogP contribution in [0.3, 0.4) is 0 Å². The number of ether oxygens (including phenoxy) is 2. The number of benzene rings is 2. The van der Waals surface area contributed by atoms with E-state index in [9.17, 15) is 13.2 Å². The number of halogens is 4. The average Bonchev–Trinajstić information content (AvgIpc) is 3.77. The third-order valence-electron chi connectivity index (χ3n) is 12.3. The Hall–Kier alpha value is -4.69. The minimum atomic E-state index is -2.78. The van der Waals surface area contributed by atoms with Gasteiger partial charge < -0.3 is 19.7 Å². The van der Waals surface area contributed by atoms with Gasteiger partial charge in [-0.2, -0.15) is 15.0 Å².